The maximum atomic E-state index is 13.5. The third kappa shape index (κ3) is 7.71. The van der Waals surface area contributed by atoms with Gasteiger partial charge in [-0.05, 0) is 145 Å². The topological polar surface area (TPSA) is 148 Å². The Morgan fingerprint density at radius 2 is 1.53 bits per heavy atom. The van der Waals surface area contributed by atoms with Gasteiger partial charge < -0.3 is 31.1 Å². The minimum atomic E-state index is -0.873. The van der Waals surface area contributed by atoms with Crippen LogP contribution in [0.2, 0.25) is 0 Å². The number of aliphatic hydroxyl groups excluding tert-OH is 4. The van der Waals surface area contributed by atoms with E-state index in [2.05, 4.69) is 36.4 Å². The Bertz CT molecular complexity index is 1970. The van der Waals surface area contributed by atoms with Crippen LogP contribution < -0.4 is 10.6 Å². The average molecular weight is 787 g/mol. The van der Waals surface area contributed by atoms with Crippen molar-refractivity contribution < 1.29 is 25.2 Å². The zero-order valence-corrected chi connectivity index (χ0v) is 34.2. The molecule has 9 nitrogen and oxygen atoms in total. The smallest absolute Gasteiger partial charge is 0.224 e. The van der Waals surface area contributed by atoms with Gasteiger partial charge in [0, 0.05) is 30.2 Å². The number of hydrogen-bond acceptors (Lipinski definition) is 8. The van der Waals surface area contributed by atoms with Crippen molar-refractivity contribution in [2.45, 2.75) is 115 Å². The van der Waals surface area contributed by atoms with Crippen LogP contribution in [0.1, 0.15) is 113 Å². The van der Waals surface area contributed by atoms with E-state index < -0.39 is 30.3 Å². The minimum Gasteiger partial charge on any atom is -0.393 e. The molecule has 308 valence electrons. The number of nitrogens with one attached hydrogen (secondary N) is 2. The molecule has 0 spiro atoms. The molecule has 2 aromatic heterocycles. The van der Waals surface area contributed by atoms with E-state index in [4.69, 9.17) is 4.98 Å². The molecule has 4 aliphatic carbocycles. The number of aromatic nitrogens is 2. The van der Waals surface area contributed by atoms with Gasteiger partial charge in [-0.2, -0.15) is 0 Å². The summed E-state index contributed by atoms with van der Waals surface area (Å²) in [5.74, 6) is 1.66. The highest BCUT2D eigenvalue weighted by Crippen LogP contribution is 2.68. The van der Waals surface area contributed by atoms with E-state index in [1.54, 1.807) is 12.4 Å². The molecule has 6 N–H and O–H groups in total. The molecule has 9 heteroatoms. The number of carbonyl (C=O) groups is 1. The second-order valence-electron chi connectivity index (χ2n) is 18.7. The molecule has 4 aliphatic rings. The van der Waals surface area contributed by atoms with Crippen LogP contribution in [0.5, 0.6) is 0 Å². The van der Waals surface area contributed by atoms with Crippen LogP contribution in [-0.4, -0.2) is 54.6 Å². The lowest BCUT2D eigenvalue weighted by Gasteiger charge is -2.63. The van der Waals surface area contributed by atoms with Crippen LogP contribution in [0.25, 0.3) is 0 Å². The quantitative estimate of drug-likeness (QED) is 0.0839. The average Bonchev–Trinajstić information content (AvgIpc) is 3.60. The van der Waals surface area contributed by atoms with Crippen molar-refractivity contribution in [1.82, 2.24) is 9.97 Å². The van der Waals surface area contributed by atoms with Crippen molar-refractivity contribution in [3.8, 4) is 0 Å². The van der Waals surface area contributed by atoms with E-state index in [1.165, 1.54) is 0 Å². The Kier molecular flexibility index (Phi) is 11.8. The maximum Gasteiger partial charge on any atom is 0.224 e. The number of aliphatic hydroxyl groups is 4. The predicted molar refractivity (Wildman–Crippen MR) is 226 cm³/mol. The Morgan fingerprint density at radius 1 is 0.810 bits per heavy atom. The lowest BCUT2D eigenvalue weighted by molar-refractivity contribution is -0.207. The Labute approximate surface area is 343 Å². The molecular formula is C49H62N4O5. The third-order valence-electron chi connectivity index (χ3n) is 15.7. The third-order valence-corrected chi connectivity index (χ3v) is 15.7. The second-order valence-corrected chi connectivity index (χ2v) is 18.7. The van der Waals surface area contributed by atoms with Crippen LogP contribution in [0.4, 0.5) is 11.5 Å². The van der Waals surface area contributed by atoms with Gasteiger partial charge in [-0.25, -0.2) is 4.98 Å². The van der Waals surface area contributed by atoms with Crippen molar-refractivity contribution in [2.24, 2.45) is 46.3 Å². The SMILES string of the molecule is CC(CCC(=O)Nc1ccc(C(Nc2ccccn2)C(c2ccccn2)C(O)c2ccccc2)cc1)C1CC[C@H]2[C@@H]3[C@@H](O)C[C@@H]4C[C@H](O)CC[C@]4(C)[C@H]3C[C@H](O)[C@]12C. The molecule has 4 fully saturated rings. The molecule has 2 aromatic carbocycles. The number of amides is 1. The van der Waals surface area contributed by atoms with Crippen LogP contribution in [0.15, 0.2) is 103 Å². The molecule has 4 aromatic rings. The fourth-order valence-corrected chi connectivity index (χ4v) is 12.6. The summed E-state index contributed by atoms with van der Waals surface area (Å²) in [6, 6.07) is 28.5. The van der Waals surface area contributed by atoms with E-state index >= 15 is 0 Å². The first-order valence-corrected chi connectivity index (χ1v) is 21.7. The summed E-state index contributed by atoms with van der Waals surface area (Å²) in [6.07, 6.45) is 8.58. The van der Waals surface area contributed by atoms with Gasteiger partial charge in [0.25, 0.3) is 0 Å². The molecule has 0 bridgehead atoms. The molecule has 4 saturated carbocycles. The van der Waals surface area contributed by atoms with E-state index in [0.717, 1.165) is 61.8 Å². The lowest BCUT2D eigenvalue weighted by atomic mass is 9.43. The predicted octanol–water partition coefficient (Wildman–Crippen LogP) is 8.46. The van der Waals surface area contributed by atoms with Crippen molar-refractivity contribution in [3.05, 3.63) is 120 Å². The highest BCUT2D eigenvalue weighted by Gasteiger charge is 2.65. The molecular weight excluding hydrogens is 725 g/mol. The summed E-state index contributed by atoms with van der Waals surface area (Å²) in [5, 5.41) is 52.8. The number of hydrogen-bond donors (Lipinski definition) is 6. The summed E-state index contributed by atoms with van der Waals surface area (Å²) in [5.41, 5.74) is 2.89. The van der Waals surface area contributed by atoms with Crippen LogP contribution >= 0.6 is 0 Å². The Morgan fingerprint density at radius 3 is 2.24 bits per heavy atom. The van der Waals surface area contributed by atoms with Crippen LogP contribution in [-0.2, 0) is 4.79 Å². The number of anilines is 2. The monoisotopic (exact) mass is 786 g/mol. The van der Waals surface area contributed by atoms with E-state index in [-0.39, 0.29) is 52.4 Å². The first-order valence-electron chi connectivity index (χ1n) is 21.7. The highest BCUT2D eigenvalue weighted by atomic mass is 16.3. The summed E-state index contributed by atoms with van der Waals surface area (Å²) in [4.78, 5) is 22.7. The van der Waals surface area contributed by atoms with Gasteiger partial charge in [-0.3, -0.25) is 9.78 Å². The first kappa shape index (κ1) is 40.6. The molecule has 14 atom stereocenters. The molecule has 2 heterocycles. The molecule has 0 radical (unpaired) electrons. The zero-order valence-electron chi connectivity index (χ0n) is 34.2. The normalized spacial score (nSPS) is 33.7. The van der Waals surface area contributed by atoms with Gasteiger partial charge in [0.1, 0.15) is 5.82 Å². The zero-order chi connectivity index (χ0) is 40.6. The molecule has 5 unspecified atom stereocenters. The number of benzene rings is 2. The molecule has 0 saturated heterocycles. The fraction of sp³-hybridized carbons (Fsp3) is 0.531. The molecule has 8 rings (SSSR count). The van der Waals surface area contributed by atoms with Crippen molar-refractivity contribution in [2.75, 3.05) is 10.6 Å². The van der Waals surface area contributed by atoms with Gasteiger partial charge in [0.2, 0.25) is 5.91 Å². The molecule has 1 amide bonds. The van der Waals surface area contributed by atoms with Crippen molar-refractivity contribution >= 4 is 17.4 Å². The minimum absolute atomic E-state index is 0.0428. The van der Waals surface area contributed by atoms with Gasteiger partial charge in [0.15, 0.2) is 0 Å². The largest absolute Gasteiger partial charge is 0.393 e. The fourth-order valence-electron chi connectivity index (χ4n) is 12.6. The number of carbonyl (C=O) groups excluding carboxylic acids is 1. The van der Waals surface area contributed by atoms with Crippen LogP contribution in [0.3, 0.4) is 0 Å². The van der Waals surface area contributed by atoms with E-state index in [1.807, 2.05) is 91.0 Å². The van der Waals surface area contributed by atoms with Gasteiger partial charge >= 0.3 is 0 Å². The number of fused-ring (bicyclic) bond motifs is 5. The maximum absolute atomic E-state index is 13.5. The van der Waals surface area contributed by atoms with Gasteiger partial charge in [0.05, 0.1) is 36.4 Å². The molecule has 58 heavy (non-hydrogen) atoms. The lowest BCUT2D eigenvalue weighted by Crippen LogP contribution is -2.62. The summed E-state index contributed by atoms with van der Waals surface area (Å²) < 4.78 is 0. The van der Waals surface area contributed by atoms with Gasteiger partial charge in [-0.15, -0.1) is 0 Å². The van der Waals surface area contributed by atoms with Crippen molar-refractivity contribution in [3.63, 3.8) is 0 Å². The number of rotatable bonds is 12. The van der Waals surface area contributed by atoms with Crippen molar-refractivity contribution in [1.29, 1.82) is 0 Å². The summed E-state index contributed by atoms with van der Waals surface area (Å²) >= 11 is 0. The standard InChI is InChI=1S/C49H62N4O5/c1-30(36-20-21-37-44-38(29-41(56)49(36,37)3)48(2)24-23-35(54)27-33(48)28-40(44)55)15-22-43(57)52-34-18-16-31(17-19-34)46(53-42-14-8-10-26-51-42)45(39-13-7-9-25-50-39)47(58)32-11-5-4-6-12-32/h4-14,16-19,25-26,30,33,35-38,40-41,44-47,54-56,58H,15,20-24,27-29H2,1-3H3,(H,51,53)(H,52,57)/t30?,33-,35+,36?,37-,38-,40-,41-,44-,45?,46?,47?,48-,49+/m0/s1. The second kappa shape index (κ2) is 16.8. The highest BCUT2D eigenvalue weighted by molar-refractivity contribution is 5.90. The first-order chi connectivity index (χ1) is 28.0. The Balaban J connectivity index is 0.945. The van der Waals surface area contributed by atoms with Gasteiger partial charge in [-0.1, -0.05) is 75.4 Å². The summed E-state index contributed by atoms with van der Waals surface area (Å²) in [6.45, 7) is 6.89. The van der Waals surface area contributed by atoms with E-state index in [9.17, 15) is 25.2 Å². The van der Waals surface area contributed by atoms with Crippen LogP contribution in [0, 0.1) is 46.3 Å². The Hall–Kier alpha value is -4.15. The molecule has 0 aliphatic heterocycles. The number of nitrogens with zero attached hydrogens (tertiary/aromatic N) is 2. The summed E-state index contributed by atoms with van der Waals surface area (Å²) in [7, 11) is 0. The number of pyridine rings is 2. The van der Waals surface area contributed by atoms with E-state index in [0.29, 0.717) is 30.3 Å².